The summed E-state index contributed by atoms with van der Waals surface area (Å²) >= 11 is 9.75. The van der Waals surface area contributed by atoms with Gasteiger partial charge in [-0.3, -0.25) is 0 Å². The van der Waals surface area contributed by atoms with Crippen molar-refractivity contribution in [1.29, 1.82) is 0 Å². The van der Waals surface area contributed by atoms with Crippen LogP contribution in [0.2, 0.25) is 5.02 Å². The summed E-state index contributed by atoms with van der Waals surface area (Å²) in [6.07, 6.45) is 1.96. The number of hydrogen-bond acceptors (Lipinski definition) is 1. The van der Waals surface area contributed by atoms with Crippen LogP contribution in [0.1, 0.15) is 29.7 Å². The van der Waals surface area contributed by atoms with Gasteiger partial charge in [-0.2, -0.15) is 0 Å². The highest BCUT2D eigenvalue weighted by Gasteiger charge is 2.12. The first-order valence-electron chi connectivity index (χ1n) is 6.84. The third kappa shape index (κ3) is 3.85. The van der Waals surface area contributed by atoms with E-state index in [0.29, 0.717) is 0 Å². The van der Waals surface area contributed by atoms with Crippen molar-refractivity contribution < 1.29 is 0 Å². The maximum atomic E-state index is 6.31. The molecular weight excluding hydrogens is 334 g/mol. The first-order valence-corrected chi connectivity index (χ1v) is 8.01. The molecule has 2 aromatic rings. The van der Waals surface area contributed by atoms with Crippen LogP contribution in [0.15, 0.2) is 46.9 Å². The molecule has 2 aromatic carbocycles. The van der Waals surface area contributed by atoms with E-state index in [9.17, 15) is 0 Å². The maximum absolute atomic E-state index is 6.31. The van der Waals surface area contributed by atoms with E-state index in [2.05, 4.69) is 58.5 Å². The average Bonchev–Trinajstić information content (AvgIpc) is 2.47. The molecule has 0 fully saturated rings. The van der Waals surface area contributed by atoms with Crippen LogP contribution in [0.25, 0.3) is 0 Å². The van der Waals surface area contributed by atoms with Gasteiger partial charge in [-0.05, 0) is 48.7 Å². The van der Waals surface area contributed by atoms with Gasteiger partial charge in [0.2, 0.25) is 0 Å². The van der Waals surface area contributed by atoms with Crippen molar-refractivity contribution in [3.05, 3.63) is 68.7 Å². The third-order valence-corrected chi connectivity index (χ3v) is 4.42. The van der Waals surface area contributed by atoms with Crippen LogP contribution >= 0.6 is 27.5 Å². The number of rotatable bonds is 5. The summed E-state index contributed by atoms with van der Waals surface area (Å²) in [6, 6.07) is 15.1. The average molecular weight is 353 g/mol. The second-order valence-corrected chi connectivity index (χ2v) is 6.20. The van der Waals surface area contributed by atoms with Gasteiger partial charge in [0, 0.05) is 15.5 Å². The number of likely N-dealkylation sites (N-methyl/N-ethyl adjacent to an activating group) is 1. The van der Waals surface area contributed by atoms with Crippen LogP contribution in [0.5, 0.6) is 0 Å². The Labute approximate surface area is 134 Å². The van der Waals surface area contributed by atoms with Crippen molar-refractivity contribution >= 4 is 27.5 Å². The largest absolute Gasteiger partial charge is 0.313 e. The summed E-state index contributed by atoms with van der Waals surface area (Å²) in [6.45, 7) is 2.17. The summed E-state index contributed by atoms with van der Waals surface area (Å²) in [5, 5.41) is 4.19. The Bertz CT molecular complexity index is 566. The molecule has 0 saturated carbocycles. The number of aryl methyl sites for hydroxylation is 1. The van der Waals surface area contributed by atoms with Gasteiger partial charge >= 0.3 is 0 Å². The smallest absolute Gasteiger partial charge is 0.0449 e. The highest BCUT2D eigenvalue weighted by molar-refractivity contribution is 9.10. The Kier molecular flexibility index (Phi) is 5.64. The molecule has 1 unspecified atom stereocenters. The molecule has 0 heterocycles. The van der Waals surface area contributed by atoms with Crippen LogP contribution in [0.4, 0.5) is 0 Å². The Morgan fingerprint density at radius 2 is 1.85 bits per heavy atom. The van der Waals surface area contributed by atoms with Crippen molar-refractivity contribution in [2.24, 2.45) is 0 Å². The zero-order valence-electron chi connectivity index (χ0n) is 11.8. The third-order valence-electron chi connectivity index (χ3n) is 3.58. The molecule has 2 rings (SSSR count). The lowest BCUT2D eigenvalue weighted by Gasteiger charge is -2.18. The Morgan fingerprint density at radius 3 is 2.40 bits per heavy atom. The molecule has 0 aromatic heterocycles. The van der Waals surface area contributed by atoms with Crippen molar-refractivity contribution in [2.75, 3.05) is 7.05 Å². The molecule has 0 amide bonds. The topological polar surface area (TPSA) is 12.0 Å². The van der Waals surface area contributed by atoms with Gasteiger partial charge in [0.15, 0.2) is 0 Å². The molecule has 0 bridgehead atoms. The lowest BCUT2D eigenvalue weighted by Crippen LogP contribution is -2.19. The van der Waals surface area contributed by atoms with E-state index in [1.165, 1.54) is 11.1 Å². The molecule has 3 heteroatoms. The van der Waals surface area contributed by atoms with E-state index in [0.717, 1.165) is 27.9 Å². The SMILES string of the molecule is CCc1ccc(C(Cc2ccc(Br)cc2Cl)NC)cc1. The van der Waals surface area contributed by atoms with E-state index in [-0.39, 0.29) is 6.04 Å². The molecule has 0 radical (unpaired) electrons. The van der Waals surface area contributed by atoms with Gasteiger partial charge in [-0.25, -0.2) is 0 Å². The van der Waals surface area contributed by atoms with Crippen molar-refractivity contribution in [1.82, 2.24) is 5.32 Å². The molecule has 20 heavy (non-hydrogen) atoms. The normalized spacial score (nSPS) is 12.4. The Hall–Kier alpha value is -0.830. The summed E-state index contributed by atoms with van der Waals surface area (Å²) in [4.78, 5) is 0. The molecule has 106 valence electrons. The molecule has 1 nitrogen and oxygen atoms in total. The van der Waals surface area contributed by atoms with E-state index >= 15 is 0 Å². The van der Waals surface area contributed by atoms with Crippen LogP contribution in [0.3, 0.4) is 0 Å². The second-order valence-electron chi connectivity index (χ2n) is 4.88. The van der Waals surface area contributed by atoms with Gasteiger partial charge in [0.05, 0.1) is 0 Å². The quantitative estimate of drug-likeness (QED) is 0.783. The highest BCUT2D eigenvalue weighted by Crippen LogP contribution is 2.26. The summed E-state index contributed by atoms with van der Waals surface area (Å²) in [5.41, 5.74) is 3.82. The zero-order chi connectivity index (χ0) is 14.5. The Balaban J connectivity index is 2.19. The minimum absolute atomic E-state index is 0.277. The van der Waals surface area contributed by atoms with E-state index in [1.54, 1.807) is 0 Å². The minimum atomic E-state index is 0.277. The zero-order valence-corrected chi connectivity index (χ0v) is 14.1. The van der Waals surface area contributed by atoms with E-state index < -0.39 is 0 Å². The van der Waals surface area contributed by atoms with Crippen LogP contribution < -0.4 is 5.32 Å². The molecule has 0 aliphatic rings. The molecule has 0 aliphatic heterocycles. The first-order chi connectivity index (χ1) is 9.63. The lowest BCUT2D eigenvalue weighted by molar-refractivity contribution is 0.592. The summed E-state index contributed by atoms with van der Waals surface area (Å²) in [5.74, 6) is 0. The molecule has 0 aliphatic carbocycles. The standard InChI is InChI=1S/C17H19BrClN/c1-3-12-4-6-13(7-5-12)17(20-2)10-14-8-9-15(18)11-16(14)19/h4-9,11,17,20H,3,10H2,1-2H3. The first kappa shape index (κ1) is 15.6. The second kappa shape index (κ2) is 7.26. The van der Waals surface area contributed by atoms with Gasteiger partial charge in [-0.1, -0.05) is 64.8 Å². The lowest BCUT2D eigenvalue weighted by atomic mass is 9.97. The fourth-order valence-electron chi connectivity index (χ4n) is 2.28. The summed E-state index contributed by atoms with van der Waals surface area (Å²) < 4.78 is 1.01. The van der Waals surface area contributed by atoms with E-state index in [1.807, 2.05) is 19.2 Å². The fourth-order valence-corrected chi connectivity index (χ4v) is 3.03. The van der Waals surface area contributed by atoms with Gasteiger partial charge < -0.3 is 5.32 Å². The predicted octanol–water partition coefficient (Wildman–Crippen LogP) is 5.17. The highest BCUT2D eigenvalue weighted by atomic mass is 79.9. The molecule has 1 N–H and O–H groups in total. The Morgan fingerprint density at radius 1 is 1.15 bits per heavy atom. The van der Waals surface area contributed by atoms with Gasteiger partial charge in [0.1, 0.15) is 0 Å². The molecule has 1 atom stereocenters. The fraction of sp³-hybridized carbons (Fsp3) is 0.294. The van der Waals surface area contributed by atoms with Crippen LogP contribution in [0, 0.1) is 0 Å². The maximum Gasteiger partial charge on any atom is 0.0449 e. The number of benzene rings is 2. The van der Waals surface area contributed by atoms with E-state index in [4.69, 9.17) is 11.6 Å². The van der Waals surface area contributed by atoms with Crippen molar-refractivity contribution in [2.45, 2.75) is 25.8 Å². The number of nitrogens with one attached hydrogen (secondary N) is 1. The number of hydrogen-bond donors (Lipinski definition) is 1. The molecule has 0 spiro atoms. The van der Waals surface area contributed by atoms with Gasteiger partial charge in [-0.15, -0.1) is 0 Å². The van der Waals surface area contributed by atoms with Gasteiger partial charge in [0.25, 0.3) is 0 Å². The predicted molar refractivity (Wildman–Crippen MR) is 90.5 cm³/mol. The van der Waals surface area contributed by atoms with Crippen molar-refractivity contribution in [3.8, 4) is 0 Å². The monoisotopic (exact) mass is 351 g/mol. The van der Waals surface area contributed by atoms with Crippen LogP contribution in [-0.4, -0.2) is 7.05 Å². The number of halogens is 2. The minimum Gasteiger partial charge on any atom is -0.313 e. The van der Waals surface area contributed by atoms with Crippen molar-refractivity contribution in [3.63, 3.8) is 0 Å². The summed E-state index contributed by atoms with van der Waals surface area (Å²) in [7, 11) is 1.99. The molecule has 0 saturated heterocycles. The van der Waals surface area contributed by atoms with Crippen LogP contribution in [-0.2, 0) is 12.8 Å². The molecular formula is C17H19BrClN.